The second-order valence-corrected chi connectivity index (χ2v) is 7.91. The lowest BCUT2D eigenvalue weighted by molar-refractivity contribution is -0.126. The number of ether oxygens (including phenoxy) is 1. The van der Waals surface area contributed by atoms with E-state index in [-0.39, 0.29) is 23.5 Å². The minimum absolute atomic E-state index is 0.0343. The average Bonchev–Trinajstić information content (AvgIpc) is 3.24. The van der Waals surface area contributed by atoms with Crippen molar-refractivity contribution in [2.24, 2.45) is 12.5 Å². The van der Waals surface area contributed by atoms with Crippen molar-refractivity contribution in [1.29, 1.82) is 0 Å². The summed E-state index contributed by atoms with van der Waals surface area (Å²) in [6.07, 6.45) is 11.2. The molecule has 3 aliphatic rings. The molecular weight excluding hydrogens is 316 g/mol. The Bertz CT molecular complexity index is 635. The van der Waals surface area contributed by atoms with Crippen LogP contribution in [-0.2, 0) is 18.2 Å². The summed E-state index contributed by atoms with van der Waals surface area (Å²) in [4.78, 5) is 12.6. The van der Waals surface area contributed by atoms with Crippen LogP contribution in [-0.4, -0.2) is 34.6 Å². The van der Waals surface area contributed by atoms with Crippen LogP contribution in [0.25, 0.3) is 0 Å². The van der Waals surface area contributed by atoms with Gasteiger partial charge in [0.1, 0.15) is 0 Å². The Labute approximate surface area is 149 Å². The van der Waals surface area contributed by atoms with E-state index in [1.165, 1.54) is 36.9 Å². The summed E-state index contributed by atoms with van der Waals surface area (Å²) in [5, 5.41) is 10.8. The predicted octanol–water partition coefficient (Wildman–Crippen LogP) is 2.83. The van der Waals surface area contributed by atoms with Gasteiger partial charge in [0, 0.05) is 36.4 Å². The second kappa shape index (κ2) is 6.63. The fourth-order valence-electron chi connectivity index (χ4n) is 5.30. The van der Waals surface area contributed by atoms with Gasteiger partial charge in [-0.15, -0.1) is 0 Å². The number of fused-ring (bicyclic) bond motifs is 1. The van der Waals surface area contributed by atoms with Crippen LogP contribution >= 0.6 is 0 Å². The molecule has 2 saturated carbocycles. The molecule has 1 heterocycles. The molecule has 6 heteroatoms. The number of aryl methyl sites for hydroxylation is 1. The van der Waals surface area contributed by atoms with Crippen molar-refractivity contribution < 1.29 is 9.53 Å². The first kappa shape index (κ1) is 16.9. The first-order valence-corrected chi connectivity index (χ1v) is 9.83. The summed E-state index contributed by atoms with van der Waals surface area (Å²) in [5.41, 5.74) is 2.61. The maximum absolute atomic E-state index is 12.6. The Balaban J connectivity index is 1.38. The van der Waals surface area contributed by atoms with Crippen LogP contribution in [0.15, 0.2) is 6.20 Å². The van der Waals surface area contributed by atoms with Crippen molar-refractivity contribution in [3.63, 3.8) is 0 Å². The Morgan fingerprint density at radius 3 is 2.92 bits per heavy atom. The average molecular weight is 346 g/mol. The van der Waals surface area contributed by atoms with Crippen molar-refractivity contribution in [3.8, 4) is 0 Å². The molecule has 0 aliphatic heterocycles. The standard InChI is InChI=1S/C19H30N4O2/c1-3-25-17-11-16(19(17)9-4-5-10-19)22-18(24)21-14-7-6-8-15-13(14)12-20-23(15)2/h12,14,16-17H,3-11H2,1-2H3,(H2,21,22,24). The molecule has 3 unspecified atom stereocenters. The minimum Gasteiger partial charge on any atom is -0.378 e. The van der Waals surface area contributed by atoms with Crippen LogP contribution in [0, 0.1) is 5.41 Å². The third-order valence-electron chi connectivity index (χ3n) is 6.67. The smallest absolute Gasteiger partial charge is 0.315 e. The van der Waals surface area contributed by atoms with E-state index in [0.717, 1.165) is 32.3 Å². The van der Waals surface area contributed by atoms with E-state index in [1.54, 1.807) is 0 Å². The zero-order valence-electron chi connectivity index (χ0n) is 15.4. The molecule has 0 bridgehead atoms. The summed E-state index contributed by atoms with van der Waals surface area (Å²) < 4.78 is 7.88. The number of nitrogens with zero attached hydrogens (tertiary/aromatic N) is 2. The summed E-state index contributed by atoms with van der Waals surface area (Å²) in [7, 11) is 1.98. The first-order valence-electron chi connectivity index (χ1n) is 9.83. The van der Waals surface area contributed by atoms with Crippen molar-refractivity contribution in [1.82, 2.24) is 20.4 Å². The molecular formula is C19H30N4O2. The number of hydrogen-bond acceptors (Lipinski definition) is 3. The van der Waals surface area contributed by atoms with E-state index in [1.807, 2.05) is 17.9 Å². The van der Waals surface area contributed by atoms with Crippen molar-refractivity contribution in [2.45, 2.75) is 76.5 Å². The molecule has 138 valence electrons. The number of carbonyl (C=O) groups excluding carboxylic acids is 1. The van der Waals surface area contributed by atoms with Crippen molar-refractivity contribution in [3.05, 3.63) is 17.5 Å². The molecule has 1 aromatic heterocycles. The highest BCUT2D eigenvalue weighted by Gasteiger charge is 2.57. The topological polar surface area (TPSA) is 68.2 Å². The molecule has 6 nitrogen and oxygen atoms in total. The highest BCUT2D eigenvalue weighted by molar-refractivity contribution is 5.75. The van der Waals surface area contributed by atoms with Gasteiger partial charge in [0.25, 0.3) is 0 Å². The first-order chi connectivity index (χ1) is 12.1. The molecule has 2 amide bonds. The third-order valence-corrected chi connectivity index (χ3v) is 6.67. The quantitative estimate of drug-likeness (QED) is 0.881. The van der Waals surface area contributed by atoms with Gasteiger partial charge in [-0.2, -0.15) is 5.10 Å². The van der Waals surface area contributed by atoms with Gasteiger partial charge in [0.2, 0.25) is 0 Å². The number of hydrogen-bond donors (Lipinski definition) is 2. The van der Waals surface area contributed by atoms with Gasteiger partial charge in [0.15, 0.2) is 0 Å². The molecule has 1 aromatic rings. The van der Waals surface area contributed by atoms with Crippen LogP contribution in [0.3, 0.4) is 0 Å². The largest absolute Gasteiger partial charge is 0.378 e. The Morgan fingerprint density at radius 1 is 1.36 bits per heavy atom. The van der Waals surface area contributed by atoms with Gasteiger partial charge in [-0.05, 0) is 45.4 Å². The highest BCUT2D eigenvalue weighted by atomic mass is 16.5. The third kappa shape index (κ3) is 2.84. The monoisotopic (exact) mass is 346 g/mol. The Hall–Kier alpha value is -1.56. The van der Waals surface area contributed by atoms with E-state index in [0.29, 0.717) is 6.10 Å². The molecule has 25 heavy (non-hydrogen) atoms. The maximum atomic E-state index is 12.6. The van der Waals surface area contributed by atoms with Crippen LogP contribution in [0.2, 0.25) is 0 Å². The zero-order valence-corrected chi connectivity index (χ0v) is 15.4. The minimum atomic E-state index is -0.0343. The lowest BCUT2D eigenvalue weighted by Crippen LogP contribution is -2.64. The second-order valence-electron chi connectivity index (χ2n) is 7.91. The van der Waals surface area contributed by atoms with Crippen molar-refractivity contribution >= 4 is 6.03 Å². The van der Waals surface area contributed by atoms with Gasteiger partial charge in [-0.1, -0.05) is 12.8 Å². The number of nitrogens with one attached hydrogen (secondary N) is 2. The number of rotatable bonds is 4. The molecule has 2 fully saturated rings. The summed E-state index contributed by atoms with van der Waals surface area (Å²) >= 11 is 0. The Morgan fingerprint density at radius 2 is 2.16 bits per heavy atom. The summed E-state index contributed by atoms with van der Waals surface area (Å²) in [5.74, 6) is 0. The van der Waals surface area contributed by atoms with Crippen LogP contribution in [0.5, 0.6) is 0 Å². The molecule has 3 atom stereocenters. The molecule has 4 rings (SSSR count). The molecule has 0 saturated heterocycles. The van der Waals surface area contributed by atoms with Gasteiger partial charge < -0.3 is 15.4 Å². The predicted molar refractivity (Wildman–Crippen MR) is 95.3 cm³/mol. The molecule has 2 N–H and O–H groups in total. The molecule has 0 aromatic carbocycles. The lowest BCUT2D eigenvalue weighted by atomic mass is 9.60. The van der Waals surface area contributed by atoms with Crippen LogP contribution < -0.4 is 10.6 Å². The van der Waals surface area contributed by atoms with Crippen LogP contribution in [0.1, 0.15) is 69.2 Å². The van der Waals surface area contributed by atoms with Crippen LogP contribution in [0.4, 0.5) is 4.79 Å². The Kier molecular flexibility index (Phi) is 4.48. The molecule has 3 aliphatic carbocycles. The normalized spacial score (nSPS) is 29.9. The van der Waals surface area contributed by atoms with Gasteiger partial charge in [-0.3, -0.25) is 4.68 Å². The van der Waals surface area contributed by atoms with Gasteiger partial charge in [0.05, 0.1) is 18.3 Å². The van der Waals surface area contributed by atoms with Crippen molar-refractivity contribution in [2.75, 3.05) is 6.61 Å². The number of amides is 2. The van der Waals surface area contributed by atoms with E-state index in [4.69, 9.17) is 4.74 Å². The number of aromatic nitrogens is 2. The van der Waals surface area contributed by atoms with Gasteiger partial charge >= 0.3 is 6.03 Å². The summed E-state index contributed by atoms with van der Waals surface area (Å²) in [6.45, 7) is 2.82. The maximum Gasteiger partial charge on any atom is 0.315 e. The number of carbonyl (C=O) groups is 1. The highest BCUT2D eigenvalue weighted by Crippen LogP contribution is 2.54. The number of urea groups is 1. The summed E-state index contributed by atoms with van der Waals surface area (Å²) in [6, 6.07) is 0.302. The van der Waals surface area contributed by atoms with E-state index in [9.17, 15) is 4.79 Å². The fraction of sp³-hybridized carbons (Fsp3) is 0.789. The lowest BCUT2D eigenvalue weighted by Gasteiger charge is -2.54. The van der Waals surface area contributed by atoms with E-state index < -0.39 is 0 Å². The van der Waals surface area contributed by atoms with Gasteiger partial charge in [-0.25, -0.2) is 4.79 Å². The molecule has 0 radical (unpaired) electrons. The van der Waals surface area contributed by atoms with E-state index >= 15 is 0 Å². The van der Waals surface area contributed by atoms with E-state index in [2.05, 4.69) is 22.7 Å². The SMILES string of the molecule is CCOC1CC(NC(=O)NC2CCCc3c2cnn3C)C12CCCC2. The zero-order chi connectivity index (χ0) is 17.4. The molecule has 1 spiro atoms. The fourth-order valence-corrected chi connectivity index (χ4v) is 5.30.